The highest BCUT2D eigenvalue weighted by atomic mass is 16.6. The second kappa shape index (κ2) is 4.97. The van der Waals surface area contributed by atoms with E-state index in [2.05, 4.69) is 10.4 Å². The summed E-state index contributed by atoms with van der Waals surface area (Å²) in [4.78, 5) is 14.6. The Bertz CT molecular complexity index is 602. The van der Waals surface area contributed by atoms with E-state index in [4.69, 9.17) is 4.74 Å². The van der Waals surface area contributed by atoms with Crippen molar-refractivity contribution in [3.63, 3.8) is 0 Å². The van der Waals surface area contributed by atoms with Crippen LogP contribution >= 0.6 is 0 Å². The molecule has 0 bridgehead atoms. The van der Waals surface area contributed by atoms with E-state index in [1.54, 1.807) is 4.68 Å². The van der Waals surface area contributed by atoms with E-state index in [0.29, 0.717) is 5.88 Å². The van der Waals surface area contributed by atoms with Gasteiger partial charge in [0.2, 0.25) is 11.7 Å². The van der Waals surface area contributed by atoms with Crippen molar-refractivity contribution in [1.82, 2.24) is 9.66 Å². The Morgan fingerprint density at radius 1 is 1.26 bits per heavy atom. The summed E-state index contributed by atoms with van der Waals surface area (Å²) in [5, 5.41) is 11.0. The number of hydrogen-bond donors (Lipinski definition) is 1. The Morgan fingerprint density at radius 2 is 1.89 bits per heavy atom. The van der Waals surface area contributed by atoms with Gasteiger partial charge in [-0.05, 0) is 26.0 Å². The van der Waals surface area contributed by atoms with Crippen molar-refractivity contribution < 1.29 is 9.66 Å². The van der Waals surface area contributed by atoms with Gasteiger partial charge < -0.3 is 4.74 Å². The summed E-state index contributed by atoms with van der Waals surface area (Å²) < 4.78 is 6.72. The van der Waals surface area contributed by atoms with E-state index in [-0.39, 0.29) is 11.5 Å². The molecule has 0 saturated heterocycles. The van der Waals surface area contributed by atoms with Gasteiger partial charge in [0, 0.05) is 23.5 Å². The lowest BCUT2D eigenvalue weighted by Crippen LogP contribution is -2.14. The Hall–Kier alpha value is -2.57. The number of rotatable bonds is 4. The number of aromatic nitrogens is 2. The Kier molecular flexibility index (Phi) is 3.37. The normalized spacial score (nSPS) is 10.3. The molecule has 2 heterocycles. The van der Waals surface area contributed by atoms with E-state index >= 15 is 0 Å². The minimum Gasteiger partial charge on any atom is -0.481 e. The third kappa shape index (κ3) is 2.49. The Labute approximate surface area is 110 Å². The van der Waals surface area contributed by atoms with Gasteiger partial charge in [-0.15, -0.1) is 0 Å². The Balaban J connectivity index is 2.45. The predicted octanol–water partition coefficient (Wildman–Crippen LogP) is 2.29. The fourth-order valence-electron chi connectivity index (χ4n) is 1.73. The van der Waals surface area contributed by atoms with Crippen molar-refractivity contribution >= 4 is 11.5 Å². The molecule has 19 heavy (non-hydrogen) atoms. The van der Waals surface area contributed by atoms with E-state index in [1.165, 1.54) is 19.2 Å². The number of methoxy groups -OCH3 is 1. The van der Waals surface area contributed by atoms with Gasteiger partial charge in [-0.3, -0.25) is 20.2 Å². The lowest BCUT2D eigenvalue weighted by molar-refractivity contribution is -0.384. The molecule has 0 aliphatic heterocycles. The molecule has 7 heteroatoms. The number of ether oxygens (including phenoxy) is 1. The van der Waals surface area contributed by atoms with Crippen LogP contribution in [-0.4, -0.2) is 21.7 Å². The molecular formula is C12H14N4O3. The third-order valence-electron chi connectivity index (χ3n) is 2.74. The standard InChI is InChI=1S/C12H14N4O3/c1-8-4-5-9(2)15(8)14-12-10(16(17)18)6-7-11(13-12)19-3/h4-7H,1-3H3,(H,13,14). The quantitative estimate of drug-likeness (QED) is 0.675. The summed E-state index contributed by atoms with van der Waals surface area (Å²) in [6.07, 6.45) is 0. The van der Waals surface area contributed by atoms with Gasteiger partial charge in [0.25, 0.3) is 0 Å². The van der Waals surface area contributed by atoms with Gasteiger partial charge in [0.1, 0.15) is 0 Å². The van der Waals surface area contributed by atoms with Crippen LogP contribution in [0.2, 0.25) is 0 Å². The first-order valence-electron chi connectivity index (χ1n) is 5.64. The number of hydrogen-bond acceptors (Lipinski definition) is 5. The van der Waals surface area contributed by atoms with Crippen LogP contribution in [0.3, 0.4) is 0 Å². The van der Waals surface area contributed by atoms with Crippen LogP contribution in [0.1, 0.15) is 11.4 Å². The largest absolute Gasteiger partial charge is 0.481 e. The van der Waals surface area contributed by atoms with Crippen molar-refractivity contribution in [2.45, 2.75) is 13.8 Å². The third-order valence-corrected chi connectivity index (χ3v) is 2.74. The fourth-order valence-corrected chi connectivity index (χ4v) is 1.73. The number of pyridine rings is 1. The Morgan fingerprint density at radius 3 is 2.42 bits per heavy atom. The fraction of sp³-hybridized carbons (Fsp3) is 0.250. The zero-order chi connectivity index (χ0) is 14.0. The number of nitrogens with zero attached hydrogens (tertiary/aromatic N) is 3. The van der Waals surface area contributed by atoms with Crippen LogP contribution in [-0.2, 0) is 0 Å². The summed E-state index contributed by atoms with van der Waals surface area (Å²) in [7, 11) is 1.46. The molecule has 0 radical (unpaired) electrons. The zero-order valence-electron chi connectivity index (χ0n) is 10.9. The van der Waals surface area contributed by atoms with Crippen molar-refractivity contribution in [3.05, 3.63) is 45.8 Å². The van der Waals surface area contributed by atoms with Gasteiger partial charge in [0.05, 0.1) is 12.0 Å². The molecule has 2 rings (SSSR count). The summed E-state index contributed by atoms with van der Waals surface area (Å²) in [6, 6.07) is 6.64. The molecule has 0 aliphatic carbocycles. The molecule has 0 unspecified atom stereocenters. The molecule has 0 spiro atoms. The molecule has 7 nitrogen and oxygen atoms in total. The van der Waals surface area contributed by atoms with Gasteiger partial charge in [0.15, 0.2) is 0 Å². The number of nitrogens with one attached hydrogen (secondary N) is 1. The minimum absolute atomic E-state index is 0.103. The molecule has 1 N–H and O–H groups in total. The summed E-state index contributed by atoms with van der Waals surface area (Å²) >= 11 is 0. The second-order valence-electron chi connectivity index (χ2n) is 4.04. The van der Waals surface area contributed by atoms with Crippen molar-refractivity contribution in [3.8, 4) is 5.88 Å². The van der Waals surface area contributed by atoms with Gasteiger partial charge in [-0.2, -0.15) is 4.98 Å². The molecule has 0 amide bonds. The van der Waals surface area contributed by atoms with Crippen molar-refractivity contribution in [1.29, 1.82) is 0 Å². The predicted molar refractivity (Wildman–Crippen MR) is 70.4 cm³/mol. The molecule has 100 valence electrons. The van der Waals surface area contributed by atoms with Crippen molar-refractivity contribution in [2.24, 2.45) is 0 Å². The molecule has 0 fully saturated rings. The smallest absolute Gasteiger partial charge is 0.313 e. The summed E-state index contributed by atoms with van der Waals surface area (Å²) in [6.45, 7) is 3.79. The van der Waals surface area contributed by atoms with Crippen LogP contribution in [0.25, 0.3) is 0 Å². The lowest BCUT2D eigenvalue weighted by atomic mass is 10.4. The number of nitro groups is 1. The maximum Gasteiger partial charge on any atom is 0.313 e. The number of aryl methyl sites for hydroxylation is 2. The molecule has 2 aromatic heterocycles. The highest BCUT2D eigenvalue weighted by Gasteiger charge is 2.17. The van der Waals surface area contributed by atoms with Gasteiger partial charge >= 0.3 is 5.69 Å². The molecular weight excluding hydrogens is 248 g/mol. The molecule has 0 atom stereocenters. The first-order valence-corrected chi connectivity index (χ1v) is 5.64. The lowest BCUT2D eigenvalue weighted by Gasteiger charge is -2.12. The average Bonchev–Trinajstić information content (AvgIpc) is 2.70. The van der Waals surface area contributed by atoms with Crippen LogP contribution in [0.15, 0.2) is 24.3 Å². The van der Waals surface area contributed by atoms with Gasteiger partial charge in [-0.25, -0.2) is 0 Å². The highest BCUT2D eigenvalue weighted by Crippen LogP contribution is 2.25. The maximum atomic E-state index is 11.0. The minimum atomic E-state index is -0.483. The van der Waals surface area contributed by atoms with Crippen LogP contribution in [0.5, 0.6) is 5.88 Å². The zero-order valence-corrected chi connectivity index (χ0v) is 10.9. The average molecular weight is 262 g/mol. The van der Waals surface area contributed by atoms with Crippen LogP contribution < -0.4 is 10.2 Å². The van der Waals surface area contributed by atoms with Gasteiger partial charge in [-0.1, -0.05) is 0 Å². The SMILES string of the molecule is COc1ccc([N+](=O)[O-])c(Nn2c(C)ccc2C)n1. The van der Waals surface area contributed by atoms with E-state index in [1.807, 2.05) is 26.0 Å². The van der Waals surface area contributed by atoms with E-state index in [0.717, 1.165) is 11.4 Å². The highest BCUT2D eigenvalue weighted by molar-refractivity contribution is 5.57. The van der Waals surface area contributed by atoms with E-state index < -0.39 is 4.92 Å². The van der Waals surface area contributed by atoms with Crippen molar-refractivity contribution in [2.75, 3.05) is 12.5 Å². The summed E-state index contributed by atoms with van der Waals surface area (Å²) in [5.74, 6) is 0.460. The van der Waals surface area contributed by atoms with Crippen LogP contribution in [0.4, 0.5) is 11.5 Å². The first-order chi connectivity index (χ1) is 9.02. The maximum absolute atomic E-state index is 11.0. The van der Waals surface area contributed by atoms with E-state index in [9.17, 15) is 10.1 Å². The molecule has 2 aromatic rings. The second-order valence-corrected chi connectivity index (χ2v) is 4.04. The number of anilines is 1. The molecule has 0 aromatic carbocycles. The summed E-state index contributed by atoms with van der Waals surface area (Å²) in [5.41, 5.74) is 4.68. The topological polar surface area (TPSA) is 82.2 Å². The molecule has 0 saturated carbocycles. The molecule has 0 aliphatic rings. The first kappa shape index (κ1) is 12.9. The monoisotopic (exact) mass is 262 g/mol. The van der Waals surface area contributed by atoms with Crippen LogP contribution in [0, 0.1) is 24.0 Å².